The fourth-order valence-corrected chi connectivity index (χ4v) is 1.77. The first-order valence-electron chi connectivity index (χ1n) is 3.89. The van der Waals surface area contributed by atoms with Crippen LogP contribution in [0.2, 0.25) is 0 Å². The van der Waals surface area contributed by atoms with Gasteiger partial charge in [-0.25, -0.2) is 0 Å². The summed E-state index contributed by atoms with van der Waals surface area (Å²) in [5.41, 5.74) is -0.967. The van der Waals surface area contributed by atoms with E-state index >= 15 is 0 Å². The predicted molar refractivity (Wildman–Crippen MR) is 50.3 cm³/mol. The second-order valence-electron chi connectivity index (χ2n) is 2.98. The number of alkyl halides is 6. The maximum Gasteiger partial charge on any atom is 0.395 e. The standard InChI is InChI=1S/C7H5BrClF5N2/c8-4-1-16(3-9)15-5(4)6(10,11)2-7(12,13)14/h1H,2-3H2. The van der Waals surface area contributed by atoms with Gasteiger partial charge in [-0.3, -0.25) is 4.68 Å². The quantitative estimate of drug-likeness (QED) is 0.608. The van der Waals surface area contributed by atoms with Gasteiger partial charge in [-0.05, 0) is 15.9 Å². The number of nitrogens with zero attached hydrogens (tertiary/aromatic N) is 2. The Labute approximate surface area is 100 Å². The van der Waals surface area contributed by atoms with E-state index in [2.05, 4.69) is 21.0 Å². The van der Waals surface area contributed by atoms with Gasteiger partial charge in [0, 0.05) is 6.20 Å². The Balaban J connectivity index is 3.01. The molecule has 0 aromatic carbocycles. The minimum absolute atomic E-state index is 0.206. The van der Waals surface area contributed by atoms with E-state index in [0.29, 0.717) is 0 Å². The van der Waals surface area contributed by atoms with Gasteiger partial charge in [0.15, 0.2) is 0 Å². The van der Waals surface area contributed by atoms with Gasteiger partial charge in [-0.1, -0.05) is 0 Å². The van der Waals surface area contributed by atoms with Crippen LogP contribution in [-0.2, 0) is 11.9 Å². The van der Waals surface area contributed by atoms with Crippen molar-refractivity contribution in [2.45, 2.75) is 24.5 Å². The van der Waals surface area contributed by atoms with E-state index in [1.807, 2.05) is 0 Å². The van der Waals surface area contributed by atoms with Crippen molar-refractivity contribution in [1.29, 1.82) is 0 Å². The highest BCUT2D eigenvalue weighted by Crippen LogP contribution is 2.41. The Morgan fingerprint density at radius 1 is 1.31 bits per heavy atom. The summed E-state index contributed by atoms with van der Waals surface area (Å²) in [4.78, 5) is 0. The predicted octanol–water partition coefficient (Wildman–Crippen LogP) is 3.89. The average molecular weight is 327 g/mol. The lowest BCUT2D eigenvalue weighted by atomic mass is 10.2. The second kappa shape index (κ2) is 4.48. The van der Waals surface area contributed by atoms with Crippen molar-refractivity contribution >= 4 is 27.5 Å². The van der Waals surface area contributed by atoms with Gasteiger partial charge in [0.25, 0.3) is 0 Å². The lowest BCUT2D eigenvalue weighted by Crippen LogP contribution is -2.24. The Bertz CT molecular complexity index is 375. The average Bonchev–Trinajstić information content (AvgIpc) is 2.43. The second-order valence-corrected chi connectivity index (χ2v) is 4.07. The lowest BCUT2D eigenvalue weighted by molar-refractivity contribution is -0.192. The molecule has 0 aliphatic rings. The summed E-state index contributed by atoms with van der Waals surface area (Å²) in [6.07, 6.45) is -6.13. The molecule has 0 aliphatic heterocycles. The number of rotatable bonds is 3. The van der Waals surface area contributed by atoms with Crippen molar-refractivity contribution in [3.05, 3.63) is 16.4 Å². The number of aromatic nitrogens is 2. The summed E-state index contributed by atoms with van der Waals surface area (Å²) in [5.74, 6) is -4.08. The minimum atomic E-state index is -4.96. The molecule has 0 spiro atoms. The Morgan fingerprint density at radius 3 is 2.25 bits per heavy atom. The third-order valence-corrected chi connectivity index (χ3v) is 2.43. The van der Waals surface area contributed by atoms with Crippen molar-refractivity contribution in [2.75, 3.05) is 0 Å². The number of hydrogen-bond acceptors (Lipinski definition) is 1. The van der Waals surface area contributed by atoms with Crippen molar-refractivity contribution in [3.8, 4) is 0 Å². The topological polar surface area (TPSA) is 17.8 Å². The molecule has 1 aromatic rings. The summed E-state index contributed by atoms with van der Waals surface area (Å²) in [7, 11) is 0. The van der Waals surface area contributed by atoms with Crippen LogP contribution in [0.3, 0.4) is 0 Å². The zero-order chi connectivity index (χ0) is 12.6. The van der Waals surface area contributed by atoms with E-state index in [4.69, 9.17) is 11.6 Å². The molecule has 0 N–H and O–H groups in total. The normalized spacial score (nSPS) is 13.2. The fourth-order valence-electron chi connectivity index (χ4n) is 1.04. The highest BCUT2D eigenvalue weighted by molar-refractivity contribution is 9.10. The highest BCUT2D eigenvalue weighted by Gasteiger charge is 2.47. The van der Waals surface area contributed by atoms with Crippen LogP contribution in [0.1, 0.15) is 12.1 Å². The molecule has 0 bridgehead atoms. The fraction of sp³-hybridized carbons (Fsp3) is 0.571. The van der Waals surface area contributed by atoms with Crippen LogP contribution in [-0.4, -0.2) is 16.0 Å². The van der Waals surface area contributed by atoms with Crippen LogP contribution in [0.4, 0.5) is 22.0 Å². The smallest absolute Gasteiger partial charge is 0.256 e. The summed E-state index contributed by atoms with van der Waals surface area (Å²) in [6, 6.07) is -0.222. The van der Waals surface area contributed by atoms with E-state index in [0.717, 1.165) is 10.9 Å². The molecule has 0 radical (unpaired) electrons. The highest BCUT2D eigenvalue weighted by atomic mass is 79.9. The van der Waals surface area contributed by atoms with Gasteiger partial charge in [-0.15, -0.1) is 11.6 Å². The maximum absolute atomic E-state index is 13.2. The van der Waals surface area contributed by atoms with Crippen LogP contribution < -0.4 is 0 Å². The monoisotopic (exact) mass is 326 g/mol. The molecule has 92 valence electrons. The third kappa shape index (κ3) is 3.31. The Kier molecular flexibility index (Phi) is 3.83. The SMILES string of the molecule is FC(F)(F)CC(F)(F)c1nn(CCl)cc1Br. The van der Waals surface area contributed by atoms with Gasteiger partial charge in [0.05, 0.1) is 4.47 Å². The maximum atomic E-state index is 13.2. The summed E-state index contributed by atoms with van der Waals surface area (Å²) in [5, 5.41) is 3.27. The van der Waals surface area contributed by atoms with Crippen molar-refractivity contribution in [2.24, 2.45) is 0 Å². The molecule has 0 amide bonds. The third-order valence-electron chi connectivity index (χ3n) is 1.61. The number of halogens is 7. The first-order valence-corrected chi connectivity index (χ1v) is 5.22. The van der Waals surface area contributed by atoms with E-state index in [1.165, 1.54) is 0 Å². The van der Waals surface area contributed by atoms with Gasteiger partial charge in [0.1, 0.15) is 18.1 Å². The summed E-state index contributed by atoms with van der Waals surface area (Å²) < 4.78 is 62.8. The van der Waals surface area contributed by atoms with E-state index in [1.54, 1.807) is 0 Å². The van der Waals surface area contributed by atoms with Crippen LogP contribution in [0.15, 0.2) is 10.7 Å². The van der Waals surface area contributed by atoms with Crippen molar-refractivity contribution in [1.82, 2.24) is 9.78 Å². The minimum Gasteiger partial charge on any atom is -0.256 e. The van der Waals surface area contributed by atoms with Gasteiger partial charge >= 0.3 is 12.1 Å². The number of hydrogen-bond donors (Lipinski definition) is 0. The molecule has 0 aliphatic carbocycles. The molecular weight excluding hydrogens is 322 g/mol. The first kappa shape index (κ1) is 13.7. The van der Waals surface area contributed by atoms with Crippen LogP contribution in [0.5, 0.6) is 0 Å². The van der Waals surface area contributed by atoms with E-state index in [-0.39, 0.29) is 10.5 Å². The Morgan fingerprint density at radius 2 is 1.88 bits per heavy atom. The zero-order valence-corrected chi connectivity index (χ0v) is 9.87. The molecule has 1 heterocycles. The molecule has 0 fully saturated rings. The molecule has 9 heteroatoms. The van der Waals surface area contributed by atoms with Crippen molar-refractivity contribution in [3.63, 3.8) is 0 Å². The molecule has 0 atom stereocenters. The molecule has 16 heavy (non-hydrogen) atoms. The molecule has 0 saturated heterocycles. The molecule has 2 nitrogen and oxygen atoms in total. The van der Waals surface area contributed by atoms with Crippen LogP contribution in [0, 0.1) is 0 Å². The van der Waals surface area contributed by atoms with Crippen LogP contribution in [0.25, 0.3) is 0 Å². The van der Waals surface area contributed by atoms with Gasteiger partial charge in [-0.2, -0.15) is 27.1 Å². The van der Waals surface area contributed by atoms with E-state index in [9.17, 15) is 22.0 Å². The molecule has 0 saturated carbocycles. The first-order chi connectivity index (χ1) is 7.15. The largest absolute Gasteiger partial charge is 0.395 e. The Hall–Kier alpha value is -0.370. The molecular formula is C7H5BrClF5N2. The van der Waals surface area contributed by atoms with Crippen molar-refractivity contribution < 1.29 is 22.0 Å². The lowest BCUT2D eigenvalue weighted by Gasteiger charge is -2.16. The molecule has 1 aromatic heterocycles. The molecule has 0 unspecified atom stereocenters. The zero-order valence-electron chi connectivity index (χ0n) is 7.53. The van der Waals surface area contributed by atoms with E-state index < -0.39 is 24.2 Å². The van der Waals surface area contributed by atoms with Gasteiger partial charge < -0.3 is 0 Å². The summed E-state index contributed by atoms with van der Waals surface area (Å²) in [6.45, 7) is 0. The molecule has 1 rings (SSSR count). The van der Waals surface area contributed by atoms with Crippen LogP contribution >= 0.6 is 27.5 Å². The van der Waals surface area contributed by atoms with Gasteiger partial charge in [0.2, 0.25) is 0 Å². The summed E-state index contributed by atoms with van der Waals surface area (Å²) >= 11 is 8.02.